The SMILES string of the molecule is O=C(Nc1ccc(CCOCCN2C(=O)C=CC2=O)c(Cl)c1)Oc1ccccc1. The summed E-state index contributed by atoms with van der Waals surface area (Å²) < 4.78 is 10.7. The standard InChI is InChI=1S/C21H19ClN2O5/c22-18-14-16(23-21(27)29-17-4-2-1-3-5-17)7-6-15(18)10-12-28-13-11-24-19(25)8-9-20(24)26/h1-9,14H,10-13H2,(H,23,27). The lowest BCUT2D eigenvalue weighted by atomic mass is 10.1. The second-order valence-electron chi connectivity index (χ2n) is 6.16. The molecule has 1 aliphatic heterocycles. The van der Waals surface area contributed by atoms with Gasteiger partial charge in [-0.3, -0.25) is 19.8 Å². The fourth-order valence-electron chi connectivity index (χ4n) is 2.66. The van der Waals surface area contributed by atoms with E-state index in [0.29, 0.717) is 29.5 Å². The topological polar surface area (TPSA) is 84.9 Å². The summed E-state index contributed by atoms with van der Waals surface area (Å²) in [5, 5.41) is 3.11. The molecule has 0 saturated heterocycles. The molecule has 0 saturated carbocycles. The Kier molecular flexibility index (Phi) is 6.99. The fourth-order valence-corrected chi connectivity index (χ4v) is 2.93. The van der Waals surface area contributed by atoms with Crippen molar-refractivity contribution in [3.63, 3.8) is 0 Å². The normalized spacial score (nSPS) is 13.1. The number of carbonyl (C=O) groups excluding carboxylic acids is 3. The number of ether oxygens (including phenoxy) is 2. The molecule has 2 aromatic carbocycles. The number of benzene rings is 2. The zero-order valence-electron chi connectivity index (χ0n) is 15.5. The molecular formula is C21H19ClN2O5. The Labute approximate surface area is 172 Å². The van der Waals surface area contributed by atoms with Crippen molar-refractivity contribution in [1.82, 2.24) is 4.90 Å². The van der Waals surface area contributed by atoms with Crippen molar-refractivity contribution in [2.75, 3.05) is 25.1 Å². The van der Waals surface area contributed by atoms with Crippen molar-refractivity contribution in [2.45, 2.75) is 6.42 Å². The Morgan fingerprint density at radius 3 is 2.41 bits per heavy atom. The molecule has 7 nitrogen and oxygen atoms in total. The third-order valence-corrected chi connectivity index (χ3v) is 4.48. The van der Waals surface area contributed by atoms with E-state index >= 15 is 0 Å². The van der Waals surface area contributed by atoms with Gasteiger partial charge in [0.15, 0.2) is 0 Å². The zero-order valence-corrected chi connectivity index (χ0v) is 16.2. The minimum atomic E-state index is -0.608. The predicted octanol–water partition coefficient (Wildman–Crippen LogP) is 3.44. The average Bonchev–Trinajstić information content (AvgIpc) is 3.02. The van der Waals surface area contributed by atoms with Crippen molar-refractivity contribution in [2.24, 2.45) is 0 Å². The van der Waals surface area contributed by atoms with E-state index in [1.54, 1.807) is 42.5 Å². The van der Waals surface area contributed by atoms with Gasteiger partial charge in [-0.25, -0.2) is 4.79 Å². The lowest BCUT2D eigenvalue weighted by Crippen LogP contribution is -2.33. The van der Waals surface area contributed by atoms with Crippen LogP contribution in [0.2, 0.25) is 5.02 Å². The van der Waals surface area contributed by atoms with Crippen LogP contribution in [0.3, 0.4) is 0 Å². The molecule has 8 heteroatoms. The first-order valence-electron chi connectivity index (χ1n) is 8.96. The van der Waals surface area contributed by atoms with Crippen LogP contribution in [0.15, 0.2) is 60.7 Å². The molecule has 0 unspecified atom stereocenters. The number of amides is 3. The van der Waals surface area contributed by atoms with Gasteiger partial charge in [0.2, 0.25) is 0 Å². The van der Waals surface area contributed by atoms with Gasteiger partial charge in [0.05, 0.1) is 19.8 Å². The highest BCUT2D eigenvalue weighted by molar-refractivity contribution is 6.31. The Balaban J connectivity index is 1.41. The monoisotopic (exact) mass is 414 g/mol. The van der Waals surface area contributed by atoms with E-state index in [9.17, 15) is 14.4 Å². The summed E-state index contributed by atoms with van der Waals surface area (Å²) in [6.45, 7) is 0.846. The first-order chi connectivity index (χ1) is 14.0. The van der Waals surface area contributed by atoms with E-state index in [4.69, 9.17) is 21.1 Å². The zero-order chi connectivity index (χ0) is 20.6. The number of carbonyl (C=O) groups is 3. The molecule has 0 aliphatic carbocycles. The largest absolute Gasteiger partial charge is 0.417 e. The maximum Gasteiger partial charge on any atom is 0.417 e. The maximum absolute atomic E-state index is 11.9. The van der Waals surface area contributed by atoms with Crippen molar-refractivity contribution in [3.8, 4) is 5.75 Å². The molecule has 29 heavy (non-hydrogen) atoms. The third-order valence-electron chi connectivity index (χ3n) is 4.13. The molecule has 3 rings (SSSR count). The number of imide groups is 1. The summed E-state index contributed by atoms with van der Waals surface area (Å²) in [7, 11) is 0. The summed E-state index contributed by atoms with van der Waals surface area (Å²) >= 11 is 6.27. The van der Waals surface area contributed by atoms with E-state index in [1.165, 1.54) is 12.2 Å². The minimum Gasteiger partial charge on any atom is -0.410 e. The minimum absolute atomic E-state index is 0.213. The molecule has 0 aromatic heterocycles. The summed E-state index contributed by atoms with van der Waals surface area (Å²) in [5.41, 5.74) is 1.36. The van der Waals surface area contributed by atoms with Crippen molar-refractivity contribution in [3.05, 3.63) is 71.3 Å². The highest BCUT2D eigenvalue weighted by Gasteiger charge is 2.22. The molecule has 150 valence electrons. The van der Waals surface area contributed by atoms with E-state index in [1.807, 2.05) is 6.07 Å². The number of hydrogen-bond acceptors (Lipinski definition) is 5. The highest BCUT2D eigenvalue weighted by atomic mass is 35.5. The second kappa shape index (κ2) is 9.86. The van der Waals surface area contributed by atoms with Gasteiger partial charge in [-0.2, -0.15) is 0 Å². The maximum atomic E-state index is 11.9. The lowest BCUT2D eigenvalue weighted by molar-refractivity contribution is -0.137. The molecule has 1 heterocycles. The van der Waals surface area contributed by atoms with Gasteiger partial charge < -0.3 is 9.47 Å². The summed E-state index contributed by atoms with van der Waals surface area (Å²) in [5.74, 6) is -0.205. The van der Waals surface area contributed by atoms with Crippen LogP contribution in [-0.2, 0) is 20.7 Å². The van der Waals surface area contributed by atoms with Gasteiger partial charge in [-0.05, 0) is 36.2 Å². The van der Waals surface area contributed by atoms with Crippen molar-refractivity contribution in [1.29, 1.82) is 0 Å². The van der Waals surface area contributed by atoms with Crippen LogP contribution < -0.4 is 10.1 Å². The van der Waals surface area contributed by atoms with E-state index in [0.717, 1.165) is 10.5 Å². The molecular weight excluding hydrogens is 396 g/mol. The van der Waals surface area contributed by atoms with E-state index < -0.39 is 6.09 Å². The number of nitrogens with zero attached hydrogens (tertiary/aromatic N) is 1. The van der Waals surface area contributed by atoms with E-state index in [2.05, 4.69) is 5.32 Å². The molecule has 0 bridgehead atoms. The fraction of sp³-hybridized carbons (Fsp3) is 0.190. The van der Waals surface area contributed by atoms with Gasteiger partial charge >= 0.3 is 6.09 Å². The van der Waals surface area contributed by atoms with Gasteiger partial charge in [0, 0.05) is 22.9 Å². The van der Waals surface area contributed by atoms with Gasteiger partial charge in [-0.15, -0.1) is 0 Å². The molecule has 0 spiro atoms. The van der Waals surface area contributed by atoms with Crippen LogP contribution >= 0.6 is 11.6 Å². The number of nitrogens with one attached hydrogen (secondary N) is 1. The number of anilines is 1. The van der Waals surface area contributed by atoms with Crippen LogP contribution in [0.25, 0.3) is 0 Å². The summed E-state index contributed by atoms with van der Waals surface area (Å²) in [6, 6.07) is 13.9. The molecule has 1 N–H and O–H groups in total. The van der Waals surface area contributed by atoms with Gasteiger partial charge in [0.1, 0.15) is 5.75 Å². The first-order valence-corrected chi connectivity index (χ1v) is 9.34. The Hall–Kier alpha value is -3.16. The second-order valence-corrected chi connectivity index (χ2v) is 6.56. The molecule has 2 aromatic rings. The van der Waals surface area contributed by atoms with Crippen LogP contribution in [0.1, 0.15) is 5.56 Å². The van der Waals surface area contributed by atoms with E-state index in [-0.39, 0.29) is 25.0 Å². The number of para-hydroxylation sites is 1. The highest BCUT2D eigenvalue weighted by Crippen LogP contribution is 2.22. The average molecular weight is 415 g/mol. The van der Waals surface area contributed by atoms with Crippen LogP contribution in [0, 0.1) is 0 Å². The molecule has 3 amide bonds. The summed E-state index contributed by atoms with van der Waals surface area (Å²) in [4.78, 5) is 35.9. The molecule has 1 aliphatic rings. The van der Waals surface area contributed by atoms with Gasteiger partial charge in [0.25, 0.3) is 11.8 Å². The molecule has 0 atom stereocenters. The Morgan fingerprint density at radius 1 is 1.00 bits per heavy atom. The predicted molar refractivity (Wildman–Crippen MR) is 108 cm³/mol. The quantitative estimate of drug-likeness (QED) is 0.528. The first kappa shape index (κ1) is 20.6. The smallest absolute Gasteiger partial charge is 0.410 e. The van der Waals surface area contributed by atoms with Crippen molar-refractivity contribution < 1.29 is 23.9 Å². The Morgan fingerprint density at radius 2 is 1.72 bits per heavy atom. The Bertz CT molecular complexity index is 912. The number of halogens is 1. The number of hydrogen-bond donors (Lipinski definition) is 1. The lowest BCUT2D eigenvalue weighted by Gasteiger charge is -2.14. The number of rotatable bonds is 8. The third kappa shape index (κ3) is 5.91. The molecule has 0 fully saturated rings. The molecule has 0 radical (unpaired) electrons. The van der Waals surface area contributed by atoms with Crippen molar-refractivity contribution >= 4 is 35.2 Å². The summed E-state index contributed by atoms with van der Waals surface area (Å²) in [6.07, 6.45) is 2.43. The van der Waals surface area contributed by atoms with Crippen LogP contribution in [0.4, 0.5) is 10.5 Å². The van der Waals surface area contributed by atoms with Crippen LogP contribution in [0.5, 0.6) is 5.75 Å². The van der Waals surface area contributed by atoms with Crippen LogP contribution in [-0.4, -0.2) is 42.6 Å². The van der Waals surface area contributed by atoms with Gasteiger partial charge in [-0.1, -0.05) is 35.9 Å².